The summed E-state index contributed by atoms with van der Waals surface area (Å²) in [6, 6.07) is 3.45. The van der Waals surface area contributed by atoms with Crippen LogP contribution in [0.25, 0.3) is 0 Å². The van der Waals surface area contributed by atoms with Crippen LogP contribution in [0.4, 0.5) is 0 Å². The Bertz CT molecular complexity index is 306. The van der Waals surface area contributed by atoms with Crippen LogP contribution in [0, 0.1) is 0 Å². The standard InChI is InChI=1S/C11H15NO2/c1-4-8(2)14-10-5-6-11(9(3)13)12-7-10/h5-8H,4H2,1-3H3. The molecule has 0 aliphatic heterocycles. The second kappa shape index (κ2) is 4.74. The maximum Gasteiger partial charge on any atom is 0.178 e. The molecule has 1 aromatic rings. The third kappa shape index (κ3) is 2.83. The maximum atomic E-state index is 10.9. The van der Waals surface area contributed by atoms with Gasteiger partial charge in [0.25, 0.3) is 0 Å². The molecule has 1 unspecified atom stereocenters. The average molecular weight is 193 g/mol. The lowest BCUT2D eigenvalue weighted by Crippen LogP contribution is -2.10. The number of aromatic nitrogens is 1. The Morgan fingerprint density at radius 3 is 2.71 bits per heavy atom. The molecule has 1 aromatic heterocycles. The third-order valence-corrected chi connectivity index (χ3v) is 2.01. The van der Waals surface area contributed by atoms with Crippen molar-refractivity contribution >= 4 is 5.78 Å². The topological polar surface area (TPSA) is 39.2 Å². The molecule has 0 aliphatic carbocycles. The number of Topliss-reactive ketones (excluding diaryl/α,β-unsaturated/α-hetero) is 1. The largest absolute Gasteiger partial charge is 0.489 e. The summed E-state index contributed by atoms with van der Waals surface area (Å²) in [7, 11) is 0. The molecule has 0 amide bonds. The summed E-state index contributed by atoms with van der Waals surface area (Å²) < 4.78 is 5.52. The van der Waals surface area contributed by atoms with Gasteiger partial charge in [0.15, 0.2) is 5.78 Å². The second-order valence-electron chi connectivity index (χ2n) is 3.27. The zero-order valence-electron chi connectivity index (χ0n) is 8.78. The Morgan fingerprint density at radius 2 is 2.29 bits per heavy atom. The van der Waals surface area contributed by atoms with E-state index in [1.807, 2.05) is 6.92 Å². The number of pyridine rings is 1. The number of nitrogens with zero attached hydrogens (tertiary/aromatic N) is 1. The molecule has 3 nitrogen and oxygen atoms in total. The Kier molecular flexibility index (Phi) is 3.63. The van der Waals surface area contributed by atoms with Crippen molar-refractivity contribution in [2.75, 3.05) is 0 Å². The van der Waals surface area contributed by atoms with Gasteiger partial charge in [-0.1, -0.05) is 6.92 Å². The number of ether oxygens (including phenoxy) is 1. The Hall–Kier alpha value is -1.38. The normalized spacial score (nSPS) is 12.2. The minimum atomic E-state index is -0.0277. The van der Waals surface area contributed by atoms with E-state index in [0.717, 1.165) is 6.42 Å². The summed E-state index contributed by atoms with van der Waals surface area (Å²) >= 11 is 0. The Morgan fingerprint density at radius 1 is 1.57 bits per heavy atom. The fourth-order valence-electron chi connectivity index (χ4n) is 0.974. The molecule has 3 heteroatoms. The van der Waals surface area contributed by atoms with Crippen molar-refractivity contribution in [3.63, 3.8) is 0 Å². The lowest BCUT2D eigenvalue weighted by atomic mass is 10.2. The van der Waals surface area contributed by atoms with E-state index in [9.17, 15) is 4.79 Å². The van der Waals surface area contributed by atoms with Crippen molar-refractivity contribution in [1.29, 1.82) is 0 Å². The van der Waals surface area contributed by atoms with Crippen LogP contribution in [0.15, 0.2) is 18.3 Å². The molecule has 1 heterocycles. The predicted molar refractivity (Wildman–Crippen MR) is 54.6 cm³/mol. The van der Waals surface area contributed by atoms with Gasteiger partial charge in [0.2, 0.25) is 0 Å². The molecule has 0 radical (unpaired) electrons. The first-order valence-corrected chi connectivity index (χ1v) is 4.77. The van der Waals surface area contributed by atoms with E-state index in [-0.39, 0.29) is 11.9 Å². The van der Waals surface area contributed by atoms with E-state index in [1.165, 1.54) is 6.92 Å². The van der Waals surface area contributed by atoms with Crippen LogP contribution < -0.4 is 4.74 Å². The van der Waals surface area contributed by atoms with Crippen molar-refractivity contribution in [3.05, 3.63) is 24.0 Å². The van der Waals surface area contributed by atoms with Crippen LogP contribution in [0.2, 0.25) is 0 Å². The van der Waals surface area contributed by atoms with E-state index >= 15 is 0 Å². The zero-order valence-corrected chi connectivity index (χ0v) is 8.78. The van der Waals surface area contributed by atoms with Crippen LogP contribution in [0.5, 0.6) is 5.75 Å². The fraction of sp³-hybridized carbons (Fsp3) is 0.455. The highest BCUT2D eigenvalue weighted by Gasteiger charge is 2.03. The highest BCUT2D eigenvalue weighted by molar-refractivity contribution is 5.92. The quantitative estimate of drug-likeness (QED) is 0.689. The molecule has 14 heavy (non-hydrogen) atoms. The van der Waals surface area contributed by atoms with Crippen molar-refractivity contribution in [2.45, 2.75) is 33.3 Å². The van der Waals surface area contributed by atoms with Crippen molar-refractivity contribution < 1.29 is 9.53 Å². The van der Waals surface area contributed by atoms with Gasteiger partial charge in [0.1, 0.15) is 11.4 Å². The number of ketones is 1. The summed E-state index contributed by atoms with van der Waals surface area (Å²) in [4.78, 5) is 14.9. The monoisotopic (exact) mass is 193 g/mol. The molecule has 0 bridgehead atoms. The number of hydrogen-bond acceptors (Lipinski definition) is 3. The highest BCUT2D eigenvalue weighted by Crippen LogP contribution is 2.12. The average Bonchev–Trinajstić information content (AvgIpc) is 2.18. The molecule has 1 atom stereocenters. The second-order valence-corrected chi connectivity index (χ2v) is 3.27. The van der Waals surface area contributed by atoms with Crippen LogP contribution in [-0.2, 0) is 0 Å². The highest BCUT2D eigenvalue weighted by atomic mass is 16.5. The molecular formula is C11H15NO2. The van der Waals surface area contributed by atoms with Crippen LogP contribution >= 0.6 is 0 Å². The van der Waals surface area contributed by atoms with Gasteiger partial charge in [-0.15, -0.1) is 0 Å². The van der Waals surface area contributed by atoms with E-state index in [2.05, 4.69) is 11.9 Å². The van der Waals surface area contributed by atoms with E-state index in [0.29, 0.717) is 11.4 Å². The van der Waals surface area contributed by atoms with Gasteiger partial charge in [0.05, 0.1) is 12.3 Å². The molecule has 0 saturated heterocycles. The smallest absolute Gasteiger partial charge is 0.178 e. The molecule has 76 valence electrons. The SMILES string of the molecule is CCC(C)Oc1ccc(C(C)=O)nc1. The van der Waals surface area contributed by atoms with Gasteiger partial charge in [0, 0.05) is 6.92 Å². The third-order valence-electron chi connectivity index (χ3n) is 2.01. The number of carbonyl (C=O) groups excluding carboxylic acids is 1. The summed E-state index contributed by atoms with van der Waals surface area (Å²) in [6.45, 7) is 5.55. The van der Waals surface area contributed by atoms with Crippen LogP contribution in [0.1, 0.15) is 37.7 Å². The molecule has 0 N–H and O–H groups in total. The molecular weight excluding hydrogens is 178 g/mol. The number of carbonyl (C=O) groups is 1. The minimum Gasteiger partial charge on any atom is -0.489 e. The minimum absolute atomic E-state index is 0.0277. The summed E-state index contributed by atoms with van der Waals surface area (Å²) in [5.41, 5.74) is 0.474. The molecule has 0 spiro atoms. The first-order valence-electron chi connectivity index (χ1n) is 4.77. The van der Waals surface area contributed by atoms with Gasteiger partial charge in [-0.2, -0.15) is 0 Å². The van der Waals surface area contributed by atoms with Gasteiger partial charge >= 0.3 is 0 Å². The van der Waals surface area contributed by atoms with Crippen molar-refractivity contribution in [2.24, 2.45) is 0 Å². The Labute approximate surface area is 84.1 Å². The van der Waals surface area contributed by atoms with E-state index in [1.54, 1.807) is 18.3 Å². The van der Waals surface area contributed by atoms with Gasteiger partial charge in [-0.05, 0) is 25.5 Å². The summed E-state index contributed by atoms with van der Waals surface area (Å²) in [5, 5.41) is 0. The van der Waals surface area contributed by atoms with Gasteiger partial charge < -0.3 is 4.74 Å². The van der Waals surface area contributed by atoms with E-state index < -0.39 is 0 Å². The summed E-state index contributed by atoms with van der Waals surface area (Å²) in [6.07, 6.45) is 2.72. The van der Waals surface area contributed by atoms with Gasteiger partial charge in [-0.25, -0.2) is 4.98 Å². The van der Waals surface area contributed by atoms with Crippen LogP contribution in [0.3, 0.4) is 0 Å². The Balaban J connectivity index is 2.68. The number of rotatable bonds is 4. The molecule has 0 aliphatic rings. The van der Waals surface area contributed by atoms with E-state index in [4.69, 9.17) is 4.74 Å². The fourth-order valence-corrected chi connectivity index (χ4v) is 0.974. The van der Waals surface area contributed by atoms with Crippen molar-refractivity contribution in [3.8, 4) is 5.75 Å². The first-order chi connectivity index (χ1) is 6.63. The van der Waals surface area contributed by atoms with Crippen molar-refractivity contribution in [1.82, 2.24) is 4.98 Å². The molecule has 0 aromatic carbocycles. The summed E-state index contributed by atoms with van der Waals surface area (Å²) in [5.74, 6) is 0.685. The van der Waals surface area contributed by atoms with Crippen LogP contribution in [-0.4, -0.2) is 16.9 Å². The number of hydrogen-bond donors (Lipinski definition) is 0. The lowest BCUT2D eigenvalue weighted by molar-refractivity contribution is 0.101. The predicted octanol–water partition coefficient (Wildman–Crippen LogP) is 2.46. The lowest BCUT2D eigenvalue weighted by Gasteiger charge is -2.11. The van der Waals surface area contributed by atoms with Gasteiger partial charge in [-0.3, -0.25) is 4.79 Å². The maximum absolute atomic E-state index is 10.9. The molecule has 0 fully saturated rings. The molecule has 0 saturated carbocycles. The molecule has 1 rings (SSSR count). The first kappa shape index (κ1) is 10.7. The zero-order chi connectivity index (χ0) is 10.6.